The third-order valence-corrected chi connectivity index (χ3v) is 1.97. The van der Waals surface area contributed by atoms with Crippen LogP contribution in [0.5, 0.6) is 0 Å². The second-order valence-corrected chi connectivity index (χ2v) is 2.78. The van der Waals surface area contributed by atoms with Crippen molar-refractivity contribution in [3.63, 3.8) is 0 Å². The Hall–Kier alpha value is -0.930. The van der Waals surface area contributed by atoms with Crippen LogP contribution in [0.1, 0.15) is 23.0 Å². The van der Waals surface area contributed by atoms with Gasteiger partial charge in [-0.1, -0.05) is 12.1 Å². The van der Waals surface area contributed by atoms with Gasteiger partial charge in [0.2, 0.25) is 0 Å². The number of hydrogen-bond acceptors (Lipinski definition) is 2. The molecule has 0 saturated carbocycles. The van der Waals surface area contributed by atoms with Crippen molar-refractivity contribution in [1.29, 1.82) is 0 Å². The average Bonchev–Trinajstić information content (AvgIpc) is 2.00. The van der Waals surface area contributed by atoms with E-state index in [0.717, 1.165) is 5.56 Å². The first-order chi connectivity index (χ1) is 5.54. The van der Waals surface area contributed by atoms with E-state index in [0.29, 0.717) is 5.56 Å². The van der Waals surface area contributed by atoms with Crippen molar-refractivity contribution in [3.8, 4) is 0 Å². The zero-order valence-electron chi connectivity index (χ0n) is 7.00. The van der Waals surface area contributed by atoms with E-state index < -0.39 is 12.1 Å². The van der Waals surface area contributed by atoms with E-state index in [1.54, 1.807) is 19.9 Å². The van der Waals surface area contributed by atoms with Crippen LogP contribution in [0.25, 0.3) is 0 Å². The molecule has 0 atom stereocenters. The maximum Gasteiger partial charge on any atom is 0.181 e. The quantitative estimate of drug-likeness (QED) is 0.626. The monoisotopic (exact) mass is 170 g/mol. The maximum atomic E-state index is 13.2. The molecule has 0 fully saturated rings. The summed E-state index contributed by atoms with van der Waals surface area (Å²) in [6, 6.07) is 3.04. The van der Waals surface area contributed by atoms with E-state index in [1.165, 1.54) is 6.07 Å². The Morgan fingerprint density at radius 3 is 2.33 bits per heavy atom. The molecule has 0 heterocycles. The highest BCUT2D eigenvalue weighted by Crippen LogP contribution is 2.20. The molecule has 0 unspecified atom stereocenters. The highest BCUT2D eigenvalue weighted by molar-refractivity contribution is 5.32. The Bertz CT molecular complexity index is 295. The van der Waals surface area contributed by atoms with Gasteiger partial charge in [0, 0.05) is 5.56 Å². The van der Waals surface area contributed by atoms with Crippen molar-refractivity contribution in [2.45, 2.75) is 20.1 Å². The van der Waals surface area contributed by atoms with Crippen LogP contribution >= 0.6 is 0 Å². The van der Waals surface area contributed by atoms with Crippen LogP contribution in [-0.4, -0.2) is 10.2 Å². The number of rotatable bonds is 1. The van der Waals surface area contributed by atoms with Gasteiger partial charge >= 0.3 is 0 Å². The number of aliphatic hydroxyl groups excluding tert-OH is 1. The SMILES string of the molecule is Cc1ccc(C(O)O)c(F)c1C. The highest BCUT2D eigenvalue weighted by Gasteiger charge is 2.12. The van der Waals surface area contributed by atoms with Gasteiger partial charge < -0.3 is 10.2 Å². The minimum atomic E-state index is -1.73. The Labute approximate surface area is 70.3 Å². The molecule has 0 aromatic heterocycles. The van der Waals surface area contributed by atoms with E-state index in [4.69, 9.17) is 10.2 Å². The molecule has 0 radical (unpaired) electrons. The summed E-state index contributed by atoms with van der Waals surface area (Å²) in [5, 5.41) is 17.5. The molecule has 0 spiro atoms. The fourth-order valence-electron chi connectivity index (χ4n) is 1.00. The van der Waals surface area contributed by atoms with Crippen LogP contribution in [0.2, 0.25) is 0 Å². The van der Waals surface area contributed by atoms with Gasteiger partial charge in [-0.15, -0.1) is 0 Å². The van der Waals surface area contributed by atoms with Crippen LogP contribution in [0, 0.1) is 19.7 Å². The fraction of sp³-hybridized carbons (Fsp3) is 0.333. The van der Waals surface area contributed by atoms with Gasteiger partial charge in [-0.3, -0.25) is 0 Å². The Morgan fingerprint density at radius 2 is 1.83 bits per heavy atom. The van der Waals surface area contributed by atoms with Gasteiger partial charge in [0.25, 0.3) is 0 Å². The molecule has 0 aliphatic rings. The predicted octanol–water partition coefficient (Wildman–Crippen LogP) is 1.43. The first-order valence-corrected chi connectivity index (χ1v) is 3.65. The molecule has 2 N–H and O–H groups in total. The van der Waals surface area contributed by atoms with Crippen LogP contribution < -0.4 is 0 Å². The first-order valence-electron chi connectivity index (χ1n) is 3.65. The minimum Gasteiger partial charge on any atom is -0.364 e. The summed E-state index contributed by atoms with van der Waals surface area (Å²) in [5.41, 5.74) is 1.19. The second-order valence-electron chi connectivity index (χ2n) is 2.78. The summed E-state index contributed by atoms with van der Waals surface area (Å²) in [6.45, 7) is 3.38. The highest BCUT2D eigenvalue weighted by atomic mass is 19.1. The van der Waals surface area contributed by atoms with Gasteiger partial charge in [-0.05, 0) is 25.0 Å². The van der Waals surface area contributed by atoms with E-state index in [-0.39, 0.29) is 5.56 Å². The molecule has 3 heteroatoms. The molecule has 0 aliphatic carbocycles. The first kappa shape index (κ1) is 9.16. The summed E-state index contributed by atoms with van der Waals surface area (Å²) >= 11 is 0. The standard InChI is InChI=1S/C9H11FO2/c1-5-3-4-7(9(11)12)8(10)6(5)2/h3-4,9,11-12H,1-2H3. The predicted molar refractivity (Wildman–Crippen MR) is 43.1 cm³/mol. The van der Waals surface area contributed by atoms with E-state index in [2.05, 4.69) is 0 Å². The lowest BCUT2D eigenvalue weighted by atomic mass is 10.1. The average molecular weight is 170 g/mol. The summed E-state index contributed by atoms with van der Waals surface area (Å²) < 4.78 is 13.2. The molecule has 1 rings (SSSR count). The summed E-state index contributed by atoms with van der Waals surface area (Å²) in [7, 11) is 0. The molecule has 0 bridgehead atoms. The van der Waals surface area contributed by atoms with Crippen molar-refractivity contribution in [1.82, 2.24) is 0 Å². The van der Waals surface area contributed by atoms with Crippen LogP contribution in [0.15, 0.2) is 12.1 Å². The van der Waals surface area contributed by atoms with Crippen molar-refractivity contribution < 1.29 is 14.6 Å². The zero-order chi connectivity index (χ0) is 9.30. The van der Waals surface area contributed by atoms with E-state index in [1.807, 2.05) is 0 Å². The third kappa shape index (κ3) is 1.47. The molecule has 1 aromatic rings. The van der Waals surface area contributed by atoms with Crippen LogP contribution in [-0.2, 0) is 0 Å². The van der Waals surface area contributed by atoms with Gasteiger partial charge in [0.05, 0.1) is 0 Å². The zero-order valence-corrected chi connectivity index (χ0v) is 7.00. The smallest absolute Gasteiger partial charge is 0.181 e. The Balaban J connectivity index is 3.27. The van der Waals surface area contributed by atoms with Crippen LogP contribution in [0.3, 0.4) is 0 Å². The minimum absolute atomic E-state index is 0.0712. The summed E-state index contributed by atoms with van der Waals surface area (Å²) in [5.74, 6) is -0.537. The number of aryl methyl sites for hydroxylation is 1. The molecule has 0 amide bonds. The number of halogens is 1. The van der Waals surface area contributed by atoms with Crippen molar-refractivity contribution >= 4 is 0 Å². The molecule has 66 valence electrons. The molecular weight excluding hydrogens is 159 g/mol. The molecular formula is C9H11FO2. The molecule has 0 aliphatic heterocycles. The Morgan fingerprint density at radius 1 is 1.25 bits per heavy atom. The summed E-state index contributed by atoms with van der Waals surface area (Å²) in [6.07, 6.45) is -1.73. The lowest BCUT2D eigenvalue weighted by Crippen LogP contribution is -2.01. The normalized spacial score (nSPS) is 10.8. The number of aliphatic hydroxyl groups is 2. The molecule has 12 heavy (non-hydrogen) atoms. The van der Waals surface area contributed by atoms with Gasteiger partial charge in [-0.25, -0.2) is 4.39 Å². The largest absolute Gasteiger partial charge is 0.364 e. The van der Waals surface area contributed by atoms with Crippen molar-refractivity contribution in [2.24, 2.45) is 0 Å². The maximum absolute atomic E-state index is 13.2. The number of hydrogen-bond donors (Lipinski definition) is 2. The second kappa shape index (κ2) is 3.21. The van der Waals surface area contributed by atoms with Crippen molar-refractivity contribution in [3.05, 3.63) is 34.6 Å². The van der Waals surface area contributed by atoms with E-state index >= 15 is 0 Å². The third-order valence-electron chi connectivity index (χ3n) is 1.97. The van der Waals surface area contributed by atoms with Gasteiger partial charge in [-0.2, -0.15) is 0 Å². The topological polar surface area (TPSA) is 40.5 Å². The van der Waals surface area contributed by atoms with Gasteiger partial charge in [0.15, 0.2) is 6.29 Å². The van der Waals surface area contributed by atoms with Crippen molar-refractivity contribution in [2.75, 3.05) is 0 Å². The fourth-order valence-corrected chi connectivity index (χ4v) is 1.00. The molecule has 2 nitrogen and oxygen atoms in total. The molecule has 1 aromatic carbocycles. The number of benzene rings is 1. The lowest BCUT2D eigenvalue weighted by molar-refractivity contribution is -0.0450. The Kier molecular flexibility index (Phi) is 2.45. The molecule has 0 saturated heterocycles. The van der Waals surface area contributed by atoms with E-state index in [9.17, 15) is 4.39 Å². The summed E-state index contributed by atoms with van der Waals surface area (Å²) in [4.78, 5) is 0. The van der Waals surface area contributed by atoms with Gasteiger partial charge in [0.1, 0.15) is 5.82 Å². The lowest BCUT2D eigenvalue weighted by Gasteiger charge is -2.08. The van der Waals surface area contributed by atoms with Crippen LogP contribution in [0.4, 0.5) is 4.39 Å².